The van der Waals surface area contributed by atoms with Gasteiger partial charge in [0.25, 0.3) is 0 Å². The molecule has 6 nitrogen and oxygen atoms in total. The SMILES string of the molecule is CCc1n[nH]c(=S)n1/N=C/c1ccc(COc2c(Cl)cc(Cl)cc2Cl)o1. The van der Waals surface area contributed by atoms with Gasteiger partial charge in [-0.3, -0.25) is 5.10 Å². The molecule has 2 aromatic heterocycles. The van der Waals surface area contributed by atoms with Gasteiger partial charge >= 0.3 is 0 Å². The molecule has 0 fully saturated rings. The zero-order chi connectivity index (χ0) is 18.7. The number of hydrogen-bond donors (Lipinski definition) is 1. The molecule has 2 heterocycles. The van der Waals surface area contributed by atoms with Gasteiger partial charge < -0.3 is 9.15 Å². The predicted octanol–water partition coefficient (Wildman–Crippen LogP) is 5.52. The Morgan fingerprint density at radius 2 is 2.04 bits per heavy atom. The first-order valence-electron chi connectivity index (χ1n) is 7.54. The summed E-state index contributed by atoms with van der Waals surface area (Å²) < 4.78 is 13.2. The maximum absolute atomic E-state index is 6.09. The summed E-state index contributed by atoms with van der Waals surface area (Å²) in [5, 5.41) is 12.2. The number of nitrogens with zero attached hydrogens (tertiary/aromatic N) is 3. The van der Waals surface area contributed by atoms with E-state index in [1.807, 2.05) is 6.92 Å². The van der Waals surface area contributed by atoms with Crippen molar-refractivity contribution in [2.45, 2.75) is 20.0 Å². The second kappa shape index (κ2) is 8.26. The van der Waals surface area contributed by atoms with Crippen LogP contribution in [0.3, 0.4) is 0 Å². The highest BCUT2D eigenvalue weighted by Gasteiger charge is 2.11. The van der Waals surface area contributed by atoms with E-state index in [-0.39, 0.29) is 6.61 Å². The average molecular weight is 432 g/mol. The highest BCUT2D eigenvalue weighted by atomic mass is 35.5. The van der Waals surface area contributed by atoms with Crippen LogP contribution in [-0.4, -0.2) is 21.1 Å². The number of hydrogen-bond acceptors (Lipinski definition) is 5. The van der Waals surface area contributed by atoms with E-state index < -0.39 is 0 Å². The Balaban J connectivity index is 1.70. The molecule has 0 saturated carbocycles. The summed E-state index contributed by atoms with van der Waals surface area (Å²) in [4.78, 5) is 0. The fourth-order valence-electron chi connectivity index (χ4n) is 2.14. The Hall–Kier alpha value is -1.80. The summed E-state index contributed by atoms with van der Waals surface area (Å²) in [5.41, 5.74) is 0. The van der Waals surface area contributed by atoms with Crippen LogP contribution in [0.2, 0.25) is 15.1 Å². The fraction of sp³-hybridized carbons (Fsp3) is 0.188. The lowest BCUT2D eigenvalue weighted by Gasteiger charge is -2.08. The van der Waals surface area contributed by atoms with Gasteiger partial charge in [0.1, 0.15) is 18.1 Å². The number of ether oxygens (including phenoxy) is 1. The third-order valence-corrected chi connectivity index (χ3v) is 4.38. The lowest BCUT2D eigenvalue weighted by Crippen LogP contribution is -1.97. The van der Waals surface area contributed by atoms with Crippen LogP contribution in [0.4, 0.5) is 0 Å². The Bertz CT molecular complexity index is 986. The van der Waals surface area contributed by atoms with Crippen LogP contribution in [-0.2, 0) is 13.0 Å². The minimum absolute atomic E-state index is 0.153. The molecule has 10 heteroatoms. The van der Waals surface area contributed by atoms with Gasteiger partial charge in [-0.15, -0.1) is 0 Å². The van der Waals surface area contributed by atoms with E-state index in [9.17, 15) is 0 Å². The molecular weight excluding hydrogens is 419 g/mol. The molecule has 3 aromatic rings. The van der Waals surface area contributed by atoms with Crippen LogP contribution in [0.5, 0.6) is 5.75 Å². The number of aryl methyl sites for hydroxylation is 1. The van der Waals surface area contributed by atoms with Crippen molar-refractivity contribution < 1.29 is 9.15 Å². The molecule has 0 unspecified atom stereocenters. The molecule has 1 aromatic carbocycles. The van der Waals surface area contributed by atoms with E-state index in [2.05, 4.69) is 15.3 Å². The minimum Gasteiger partial charge on any atom is -0.483 e. The monoisotopic (exact) mass is 430 g/mol. The number of aromatic nitrogens is 3. The van der Waals surface area contributed by atoms with Crippen LogP contribution < -0.4 is 4.74 Å². The molecule has 0 aliphatic heterocycles. The summed E-state index contributed by atoms with van der Waals surface area (Å²) in [7, 11) is 0. The fourth-order valence-corrected chi connectivity index (χ4v) is 3.26. The Kier molecular flexibility index (Phi) is 6.03. The van der Waals surface area contributed by atoms with Crippen molar-refractivity contribution in [1.82, 2.24) is 14.9 Å². The number of benzene rings is 1. The predicted molar refractivity (Wildman–Crippen MR) is 104 cm³/mol. The van der Waals surface area contributed by atoms with Crippen molar-refractivity contribution in [3.8, 4) is 5.75 Å². The third-order valence-electron chi connectivity index (χ3n) is 3.34. The number of aromatic amines is 1. The zero-order valence-electron chi connectivity index (χ0n) is 13.5. The van der Waals surface area contributed by atoms with Crippen LogP contribution in [0, 0.1) is 4.77 Å². The van der Waals surface area contributed by atoms with Gasteiger partial charge in [-0.25, -0.2) is 0 Å². The summed E-state index contributed by atoms with van der Waals surface area (Å²) in [5.74, 6) is 2.21. The topological polar surface area (TPSA) is 68.3 Å². The quantitative estimate of drug-likeness (QED) is 0.412. The molecule has 0 spiro atoms. The molecule has 0 saturated heterocycles. The van der Waals surface area contributed by atoms with Crippen molar-refractivity contribution in [2.24, 2.45) is 5.10 Å². The third kappa shape index (κ3) is 4.29. The lowest BCUT2D eigenvalue weighted by atomic mass is 10.3. The molecule has 3 rings (SSSR count). The highest BCUT2D eigenvalue weighted by Crippen LogP contribution is 2.36. The smallest absolute Gasteiger partial charge is 0.216 e. The largest absolute Gasteiger partial charge is 0.483 e. The maximum Gasteiger partial charge on any atom is 0.216 e. The molecule has 0 aliphatic carbocycles. The van der Waals surface area contributed by atoms with Gasteiger partial charge in [-0.05, 0) is 36.5 Å². The van der Waals surface area contributed by atoms with Crippen molar-refractivity contribution in [2.75, 3.05) is 0 Å². The Morgan fingerprint density at radius 1 is 1.31 bits per heavy atom. The summed E-state index contributed by atoms with van der Waals surface area (Å²) in [6.07, 6.45) is 2.25. The summed E-state index contributed by atoms with van der Waals surface area (Å²) >= 11 is 23.2. The van der Waals surface area contributed by atoms with E-state index in [0.717, 1.165) is 5.82 Å². The second-order valence-corrected chi connectivity index (χ2v) is 6.78. The van der Waals surface area contributed by atoms with E-state index in [0.29, 0.717) is 43.5 Å². The van der Waals surface area contributed by atoms with Crippen LogP contribution >= 0.6 is 47.0 Å². The molecule has 136 valence electrons. The van der Waals surface area contributed by atoms with Crippen molar-refractivity contribution in [1.29, 1.82) is 0 Å². The number of nitrogens with one attached hydrogen (secondary N) is 1. The Morgan fingerprint density at radius 3 is 2.73 bits per heavy atom. The maximum atomic E-state index is 6.09. The van der Waals surface area contributed by atoms with Gasteiger partial charge in [-0.1, -0.05) is 41.7 Å². The zero-order valence-corrected chi connectivity index (χ0v) is 16.6. The molecule has 0 atom stereocenters. The standard InChI is InChI=1S/C16H13Cl3N4O2S/c1-2-14-21-22-16(26)23(14)20-7-10-3-4-11(25-10)8-24-15-12(18)5-9(17)6-13(15)19/h3-7H,2,8H2,1H3,(H,22,26)/b20-7+. The number of furan rings is 1. The molecule has 0 bridgehead atoms. The summed E-state index contributed by atoms with van der Waals surface area (Å²) in [6.45, 7) is 2.12. The second-order valence-electron chi connectivity index (χ2n) is 5.15. The first-order valence-corrected chi connectivity index (χ1v) is 9.09. The molecule has 0 radical (unpaired) electrons. The van der Waals surface area contributed by atoms with Gasteiger partial charge in [0.15, 0.2) is 11.6 Å². The van der Waals surface area contributed by atoms with Gasteiger partial charge in [0, 0.05) is 11.4 Å². The van der Waals surface area contributed by atoms with Crippen LogP contribution in [0.15, 0.2) is 33.8 Å². The number of rotatable bonds is 6. The normalized spacial score (nSPS) is 11.4. The minimum atomic E-state index is 0.153. The van der Waals surface area contributed by atoms with Crippen LogP contribution in [0.25, 0.3) is 0 Å². The average Bonchev–Trinajstić information content (AvgIpc) is 3.18. The van der Waals surface area contributed by atoms with Crippen LogP contribution in [0.1, 0.15) is 24.3 Å². The number of halogens is 3. The number of H-pyrrole nitrogens is 1. The van der Waals surface area contributed by atoms with Gasteiger partial charge in [-0.2, -0.15) is 14.9 Å². The van der Waals surface area contributed by atoms with Gasteiger partial charge in [0.05, 0.1) is 16.3 Å². The Labute approximate surface area is 169 Å². The molecule has 1 N–H and O–H groups in total. The van der Waals surface area contributed by atoms with Gasteiger partial charge in [0.2, 0.25) is 4.77 Å². The first kappa shape index (κ1) is 19.0. The van der Waals surface area contributed by atoms with Crippen molar-refractivity contribution in [3.63, 3.8) is 0 Å². The molecule has 0 amide bonds. The summed E-state index contributed by atoms with van der Waals surface area (Å²) in [6, 6.07) is 6.66. The lowest BCUT2D eigenvalue weighted by molar-refractivity contribution is 0.270. The van der Waals surface area contributed by atoms with Crippen molar-refractivity contribution >= 4 is 53.2 Å². The van der Waals surface area contributed by atoms with E-state index in [4.69, 9.17) is 56.2 Å². The van der Waals surface area contributed by atoms with E-state index >= 15 is 0 Å². The van der Waals surface area contributed by atoms with E-state index in [1.165, 1.54) is 0 Å². The van der Waals surface area contributed by atoms with Crippen molar-refractivity contribution in [3.05, 3.63) is 61.4 Å². The molecular formula is C16H13Cl3N4O2S. The molecule has 0 aliphatic rings. The van der Waals surface area contributed by atoms with E-state index in [1.54, 1.807) is 35.2 Å². The molecule has 26 heavy (non-hydrogen) atoms. The first-order chi connectivity index (χ1) is 12.5. The highest BCUT2D eigenvalue weighted by molar-refractivity contribution is 7.71.